The highest BCUT2D eigenvalue weighted by atomic mass is 79.9. The number of halogens is 2. The molecule has 6 heteroatoms. The van der Waals surface area contributed by atoms with Crippen LogP contribution in [-0.4, -0.2) is 16.8 Å². The standard InChI is InChI=1S/C30H20Br2N2O2/c31-29-21-5-1-2-6-22(21)30(32,24-8-4-3-7-23(24)29)26-25(29)27(35)34(28(26)36)20-11-9-18(10-12-20)17-19-13-15-33-16-14-19/h1-16,25-26H,17H2/t25-,26+,29?,30?. The first-order chi connectivity index (χ1) is 17.5. The number of benzene rings is 3. The van der Waals surface area contributed by atoms with E-state index in [9.17, 15) is 9.59 Å². The van der Waals surface area contributed by atoms with E-state index in [1.807, 2.05) is 60.7 Å². The molecule has 0 spiro atoms. The first-order valence-electron chi connectivity index (χ1n) is 11.9. The second-order valence-corrected chi connectivity index (χ2v) is 12.2. The largest absolute Gasteiger partial charge is 0.274 e. The summed E-state index contributed by atoms with van der Waals surface area (Å²) in [4.78, 5) is 33.7. The van der Waals surface area contributed by atoms with Crippen LogP contribution in [0.25, 0.3) is 0 Å². The minimum atomic E-state index is -0.775. The molecule has 0 radical (unpaired) electrons. The third-order valence-electron chi connectivity index (χ3n) is 7.94. The zero-order valence-electron chi connectivity index (χ0n) is 19.1. The van der Waals surface area contributed by atoms with Crippen molar-refractivity contribution in [1.29, 1.82) is 0 Å². The Morgan fingerprint density at radius 1 is 0.639 bits per heavy atom. The number of amides is 2. The Morgan fingerprint density at radius 2 is 1.06 bits per heavy atom. The van der Waals surface area contributed by atoms with Crippen LogP contribution in [0.2, 0.25) is 0 Å². The summed E-state index contributed by atoms with van der Waals surface area (Å²) in [5.74, 6) is -1.47. The van der Waals surface area contributed by atoms with E-state index in [1.165, 1.54) is 4.90 Å². The average Bonchev–Trinajstić information content (AvgIpc) is 3.19. The topological polar surface area (TPSA) is 50.3 Å². The van der Waals surface area contributed by atoms with Crippen LogP contribution in [0.15, 0.2) is 97.3 Å². The van der Waals surface area contributed by atoms with Gasteiger partial charge in [-0.05, 0) is 64.1 Å². The second-order valence-electron chi connectivity index (χ2n) is 9.68. The van der Waals surface area contributed by atoms with Crippen molar-refractivity contribution in [2.24, 2.45) is 11.8 Å². The lowest BCUT2D eigenvalue weighted by atomic mass is 9.54. The molecule has 1 aliphatic heterocycles. The molecule has 4 nitrogen and oxygen atoms in total. The average molecular weight is 600 g/mol. The zero-order valence-corrected chi connectivity index (χ0v) is 22.2. The summed E-state index contributed by atoms with van der Waals surface area (Å²) in [7, 11) is 0. The van der Waals surface area contributed by atoms with Crippen molar-refractivity contribution >= 4 is 49.4 Å². The molecule has 8 rings (SSSR count). The van der Waals surface area contributed by atoms with Crippen LogP contribution in [0, 0.1) is 11.8 Å². The smallest absolute Gasteiger partial charge is 0.239 e. The van der Waals surface area contributed by atoms with Crippen molar-refractivity contribution in [1.82, 2.24) is 4.98 Å². The van der Waals surface area contributed by atoms with Gasteiger partial charge in [0, 0.05) is 12.4 Å². The van der Waals surface area contributed by atoms with E-state index < -0.39 is 20.5 Å². The summed E-state index contributed by atoms with van der Waals surface area (Å²) in [5.41, 5.74) is 7.03. The van der Waals surface area contributed by atoms with Crippen LogP contribution in [0.3, 0.4) is 0 Å². The number of imide groups is 1. The van der Waals surface area contributed by atoms with Gasteiger partial charge in [-0.25, -0.2) is 4.90 Å². The lowest BCUT2D eigenvalue weighted by Crippen LogP contribution is -2.56. The molecular formula is C30H20Br2N2O2. The molecule has 4 aliphatic rings. The molecule has 1 fully saturated rings. The van der Waals surface area contributed by atoms with E-state index in [4.69, 9.17) is 0 Å². The minimum Gasteiger partial charge on any atom is -0.274 e. The van der Waals surface area contributed by atoms with Crippen molar-refractivity contribution in [2.45, 2.75) is 15.1 Å². The number of hydrogen-bond acceptors (Lipinski definition) is 3. The van der Waals surface area contributed by atoms with Crippen LogP contribution >= 0.6 is 31.9 Å². The van der Waals surface area contributed by atoms with Gasteiger partial charge in [-0.1, -0.05) is 92.5 Å². The van der Waals surface area contributed by atoms with Crippen LogP contribution in [0.5, 0.6) is 0 Å². The second kappa shape index (κ2) is 7.70. The highest BCUT2D eigenvalue weighted by molar-refractivity contribution is 9.10. The number of carbonyl (C=O) groups excluding carboxylic acids is 2. The van der Waals surface area contributed by atoms with Gasteiger partial charge >= 0.3 is 0 Å². The summed E-state index contributed by atoms with van der Waals surface area (Å²) in [6.07, 6.45) is 4.32. The van der Waals surface area contributed by atoms with Crippen molar-refractivity contribution in [3.63, 3.8) is 0 Å². The fraction of sp³-hybridized carbons (Fsp3) is 0.167. The maximum absolute atomic E-state index is 14.1. The molecule has 1 aromatic heterocycles. The fourth-order valence-corrected chi connectivity index (χ4v) is 8.72. The number of anilines is 1. The Hall–Kier alpha value is -3.09. The lowest BCUT2D eigenvalue weighted by molar-refractivity contribution is -0.122. The van der Waals surface area contributed by atoms with Crippen molar-refractivity contribution in [3.8, 4) is 0 Å². The van der Waals surface area contributed by atoms with Gasteiger partial charge in [0.2, 0.25) is 11.8 Å². The third kappa shape index (κ3) is 2.72. The van der Waals surface area contributed by atoms with Crippen LogP contribution in [0.4, 0.5) is 5.69 Å². The number of rotatable bonds is 3. The van der Waals surface area contributed by atoms with E-state index >= 15 is 0 Å². The van der Waals surface area contributed by atoms with E-state index in [0.29, 0.717) is 5.69 Å². The van der Waals surface area contributed by atoms with Crippen LogP contribution in [0.1, 0.15) is 33.4 Å². The maximum atomic E-state index is 14.1. The first kappa shape index (κ1) is 22.1. The monoisotopic (exact) mass is 598 g/mol. The number of pyridine rings is 1. The number of carbonyl (C=O) groups is 2. The summed E-state index contributed by atoms with van der Waals surface area (Å²) >= 11 is 8.10. The van der Waals surface area contributed by atoms with E-state index in [0.717, 1.165) is 39.8 Å². The number of alkyl halides is 2. The van der Waals surface area contributed by atoms with Gasteiger partial charge in [0.15, 0.2) is 0 Å². The van der Waals surface area contributed by atoms with Crippen LogP contribution < -0.4 is 4.90 Å². The Morgan fingerprint density at radius 3 is 1.50 bits per heavy atom. The predicted molar refractivity (Wildman–Crippen MR) is 145 cm³/mol. The van der Waals surface area contributed by atoms with Gasteiger partial charge in [0.25, 0.3) is 0 Å². The van der Waals surface area contributed by atoms with Crippen molar-refractivity contribution in [2.75, 3.05) is 4.90 Å². The summed E-state index contributed by atoms with van der Waals surface area (Å²) in [6.45, 7) is 0. The highest BCUT2D eigenvalue weighted by Gasteiger charge is 2.72. The van der Waals surface area contributed by atoms with Gasteiger partial charge in [-0.2, -0.15) is 0 Å². The number of nitrogens with zero attached hydrogens (tertiary/aromatic N) is 2. The summed E-state index contributed by atoms with van der Waals surface area (Å²) < 4.78 is -1.55. The van der Waals surface area contributed by atoms with E-state index in [2.05, 4.69) is 61.1 Å². The third-order valence-corrected chi connectivity index (χ3v) is 10.6. The lowest BCUT2D eigenvalue weighted by Gasteiger charge is -2.55. The Labute approximate surface area is 225 Å². The Balaban J connectivity index is 1.34. The predicted octanol–water partition coefficient (Wildman–Crippen LogP) is 6.08. The van der Waals surface area contributed by atoms with Gasteiger partial charge in [-0.15, -0.1) is 0 Å². The molecule has 0 N–H and O–H groups in total. The maximum Gasteiger partial charge on any atom is 0.239 e. The molecule has 4 aromatic rings. The molecule has 36 heavy (non-hydrogen) atoms. The summed E-state index contributed by atoms with van der Waals surface area (Å²) in [5, 5.41) is 0. The molecule has 2 atom stereocenters. The quantitative estimate of drug-likeness (QED) is 0.212. The molecule has 0 saturated carbocycles. The Bertz CT molecular complexity index is 1430. The molecule has 2 amide bonds. The number of aromatic nitrogens is 1. The Kier molecular flexibility index (Phi) is 4.74. The normalized spacial score (nSPS) is 27.6. The van der Waals surface area contributed by atoms with Gasteiger partial charge in [0.1, 0.15) is 0 Å². The minimum absolute atomic E-state index is 0.170. The van der Waals surface area contributed by atoms with Crippen molar-refractivity contribution < 1.29 is 9.59 Å². The summed E-state index contributed by atoms with van der Waals surface area (Å²) in [6, 6.07) is 28.0. The van der Waals surface area contributed by atoms with Gasteiger partial charge < -0.3 is 0 Å². The SMILES string of the molecule is O=C1[C@@H]2[C@H](C(=O)N1c1ccc(Cc3ccncc3)cc1)C1(Br)c3ccccc3C2(Br)c2ccccc21. The first-order valence-corrected chi connectivity index (χ1v) is 13.5. The molecule has 176 valence electrons. The van der Waals surface area contributed by atoms with E-state index in [-0.39, 0.29) is 11.8 Å². The molecular weight excluding hydrogens is 580 g/mol. The molecule has 1 saturated heterocycles. The van der Waals surface area contributed by atoms with E-state index in [1.54, 1.807) is 12.4 Å². The molecule has 3 aliphatic carbocycles. The fourth-order valence-electron chi connectivity index (χ4n) is 6.42. The van der Waals surface area contributed by atoms with Gasteiger partial charge in [0.05, 0.1) is 26.2 Å². The highest BCUT2D eigenvalue weighted by Crippen LogP contribution is 2.70. The van der Waals surface area contributed by atoms with Gasteiger partial charge in [-0.3, -0.25) is 14.6 Å². The molecule has 2 heterocycles. The zero-order chi connectivity index (χ0) is 24.7. The van der Waals surface area contributed by atoms with Crippen LogP contribution in [-0.2, 0) is 24.7 Å². The molecule has 2 bridgehead atoms. The van der Waals surface area contributed by atoms with Crippen molar-refractivity contribution in [3.05, 3.63) is 131 Å². The number of hydrogen-bond donors (Lipinski definition) is 0. The molecule has 3 aromatic carbocycles. The molecule has 0 unspecified atom stereocenters.